The first kappa shape index (κ1) is 25.6. The Hall–Kier alpha value is -1.68. The van der Waals surface area contributed by atoms with Crippen LogP contribution in [0.25, 0.3) is 5.69 Å². The number of nitrogens with zero attached hydrogens (tertiary/aromatic N) is 3. The first-order chi connectivity index (χ1) is 14.6. The summed E-state index contributed by atoms with van der Waals surface area (Å²) in [5.41, 5.74) is 1.95. The average Bonchev–Trinajstić information content (AvgIpc) is 3.22. The van der Waals surface area contributed by atoms with E-state index in [9.17, 15) is 9.50 Å². The molecule has 1 aliphatic carbocycles. The molecule has 1 aromatic heterocycles. The number of aliphatic hydroxyl groups is 1. The Morgan fingerprint density at radius 2 is 1.90 bits per heavy atom. The Bertz CT molecular complexity index is 797. The quantitative estimate of drug-likeness (QED) is 0.254. The number of rotatable bonds is 9. The largest absolute Gasteiger partial charge is 0.396 e. The van der Waals surface area contributed by atoms with Gasteiger partial charge in [-0.1, -0.05) is 19.3 Å². The Morgan fingerprint density at radius 1 is 1.16 bits per heavy atom. The first-order valence-corrected chi connectivity index (χ1v) is 11.1. The number of hydrogen-bond donors (Lipinski definition) is 3. The van der Waals surface area contributed by atoms with E-state index in [1.54, 1.807) is 16.8 Å². The predicted octanol–water partition coefficient (Wildman–Crippen LogP) is 4.06. The van der Waals surface area contributed by atoms with Gasteiger partial charge in [0.15, 0.2) is 5.96 Å². The molecule has 2 aromatic rings. The maximum atomic E-state index is 13.1. The van der Waals surface area contributed by atoms with Crippen molar-refractivity contribution >= 4 is 29.9 Å². The Kier molecular flexibility index (Phi) is 10.7. The van der Waals surface area contributed by atoms with E-state index in [-0.39, 0.29) is 41.8 Å². The van der Waals surface area contributed by atoms with Gasteiger partial charge in [0.05, 0.1) is 11.4 Å². The van der Waals surface area contributed by atoms with Crippen LogP contribution in [-0.4, -0.2) is 47.1 Å². The molecule has 172 valence electrons. The van der Waals surface area contributed by atoms with Gasteiger partial charge in [-0.2, -0.15) is 5.10 Å². The van der Waals surface area contributed by atoms with Crippen molar-refractivity contribution in [3.05, 3.63) is 48.0 Å². The zero-order valence-electron chi connectivity index (χ0n) is 18.3. The molecule has 1 saturated carbocycles. The predicted molar refractivity (Wildman–Crippen MR) is 134 cm³/mol. The van der Waals surface area contributed by atoms with E-state index in [4.69, 9.17) is 4.99 Å². The summed E-state index contributed by atoms with van der Waals surface area (Å²) in [6, 6.07) is 8.29. The van der Waals surface area contributed by atoms with Crippen LogP contribution in [-0.2, 0) is 6.42 Å². The van der Waals surface area contributed by atoms with Crippen molar-refractivity contribution in [2.24, 2.45) is 10.4 Å². The molecule has 3 N–H and O–H groups in total. The number of benzene rings is 1. The summed E-state index contributed by atoms with van der Waals surface area (Å²) in [6.07, 6.45) is 9.54. The zero-order chi connectivity index (χ0) is 21.2. The van der Waals surface area contributed by atoms with Crippen molar-refractivity contribution in [1.29, 1.82) is 0 Å². The summed E-state index contributed by atoms with van der Waals surface area (Å²) in [6.45, 7) is 4.57. The fourth-order valence-electron chi connectivity index (χ4n) is 4.16. The van der Waals surface area contributed by atoms with Crippen LogP contribution in [0.2, 0.25) is 0 Å². The number of aromatic nitrogens is 2. The van der Waals surface area contributed by atoms with Gasteiger partial charge in [-0.15, -0.1) is 24.0 Å². The van der Waals surface area contributed by atoms with E-state index in [1.165, 1.54) is 31.4 Å². The molecule has 0 unspecified atom stereocenters. The van der Waals surface area contributed by atoms with Gasteiger partial charge in [-0.3, -0.25) is 4.99 Å². The fraction of sp³-hybridized carbons (Fsp3) is 0.565. The monoisotopic (exact) mass is 543 g/mol. The summed E-state index contributed by atoms with van der Waals surface area (Å²) in [4.78, 5) is 4.84. The van der Waals surface area contributed by atoms with Crippen molar-refractivity contribution in [3.63, 3.8) is 0 Å². The molecule has 0 saturated heterocycles. The summed E-state index contributed by atoms with van der Waals surface area (Å²) in [5.74, 6) is 0.568. The van der Waals surface area contributed by atoms with Crippen molar-refractivity contribution in [2.45, 2.75) is 51.9 Å². The van der Waals surface area contributed by atoms with E-state index < -0.39 is 0 Å². The molecule has 0 aliphatic heterocycles. The topological polar surface area (TPSA) is 74.5 Å². The molecule has 1 fully saturated rings. The number of halogens is 2. The molecule has 6 nitrogen and oxygen atoms in total. The highest BCUT2D eigenvalue weighted by atomic mass is 127. The molecular formula is C23H35FIN5O. The molecule has 1 aliphatic rings. The molecule has 3 rings (SSSR count). The highest BCUT2D eigenvalue weighted by molar-refractivity contribution is 14.0. The van der Waals surface area contributed by atoms with Crippen LogP contribution in [0.1, 0.15) is 51.1 Å². The highest BCUT2D eigenvalue weighted by Gasteiger charge is 2.31. The molecule has 0 bridgehead atoms. The molecule has 0 amide bonds. The molecule has 0 atom stereocenters. The lowest BCUT2D eigenvalue weighted by molar-refractivity contribution is 0.137. The third-order valence-electron chi connectivity index (χ3n) is 5.88. The van der Waals surface area contributed by atoms with Crippen LogP contribution in [0.15, 0.2) is 41.5 Å². The van der Waals surface area contributed by atoms with Crippen molar-refractivity contribution in [2.75, 3.05) is 26.2 Å². The summed E-state index contributed by atoms with van der Waals surface area (Å²) in [7, 11) is 0. The Morgan fingerprint density at radius 3 is 2.58 bits per heavy atom. The lowest BCUT2D eigenvalue weighted by atomic mass is 9.72. The average molecular weight is 543 g/mol. The minimum atomic E-state index is -0.250. The minimum Gasteiger partial charge on any atom is -0.396 e. The van der Waals surface area contributed by atoms with Crippen LogP contribution in [0.3, 0.4) is 0 Å². The van der Waals surface area contributed by atoms with Gasteiger partial charge in [0, 0.05) is 38.9 Å². The van der Waals surface area contributed by atoms with Gasteiger partial charge in [0.1, 0.15) is 5.82 Å². The van der Waals surface area contributed by atoms with Crippen molar-refractivity contribution in [1.82, 2.24) is 20.4 Å². The molecule has 31 heavy (non-hydrogen) atoms. The third-order valence-corrected chi connectivity index (χ3v) is 5.88. The van der Waals surface area contributed by atoms with Crippen LogP contribution < -0.4 is 10.6 Å². The van der Waals surface area contributed by atoms with Gasteiger partial charge >= 0.3 is 0 Å². The lowest BCUT2D eigenvalue weighted by Gasteiger charge is -2.35. The van der Waals surface area contributed by atoms with Crippen LogP contribution in [0.4, 0.5) is 4.39 Å². The molecule has 0 radical (unpaired) electrons. The summed E-state index contributed by atoms with van der Waals surface area (Å²) < 4.78 is 14.9. The smallest absolute Gasteiger partial charge is 0.191 e. The zero-order valence-corrected chi connectivity index (χ0v) is 20.6. The maximum absolute atomic E-state index is 13.1. The fourth-order valence-corrected chi connectivity index (χ4v) is 4.16. The van der Waals surface area contributed by atoms with Crippen molar-refractivity contribution in [3.8, 4) is 5.69 Å². The standard InChI is InChI=1S/C23H34FN5O.HI/c1-2-25-22(27-18-23(14-17-30)12-4-3-5-13-23)26-15-10-20-11-16-29(28-20)21-8-6-19(24)7-9-21;/h6-9,11,16,30H,2-5,10,12-15,17-18H2,1H3,(H2,25,26,27);1H. The molecule has 1 heterocycles. The van der Waals surface area contributed by atoms with E-state index in [2.05, 4.69) is 22.7 Å². The molecule has 0 spiro atoms. The van der Waals surface area contributed by atoms with E-state index in [0.717, 1.165) is 62.7 Å². The number of nitrogens with one attached hydrogen (secondary N) is 2. The number of aliphatic hydroxyl groups excluding tert-OH is 1. The normalized spacial score (nSPS) is 15.9. The van der Waals surface area contributed by atoms with Crippen LogP contribution in [0.5, 0.6) is 0 Å². The summed E-state index contributed by atoms with van der Waals surface area (Å²) in [5, 5.41) is 20.8. The van der Waals surface area contributed by atoms with Crippen LogP contribution in [0, 0.1) is 11.2 Å². The Labute approximate surface area is 201 Å². The van der Waals surface area contributed by atoms with Gasteiger partial charge < -0.3 is 15.7 Å². The van der Waals surface area contributed by atoms with E-state index in [1.807, 2.05) is 12.3 Å². The third kappa shape index (κ3) is 7.75. The Balaban J connectivity index is 0.00000341. The van der Waals surface area contributed by atoms with Gasteiger partial charge in [0.25, 0.3) is 0 Å². The summed E-state index contributed by atoms with van der Waals surface area (Å²) >= 11 is 0. The highest BCUT2D eigenvalue weighted by Crippen LogP contribution is 2.39. The second-order valence-corrected chi connectivity index (χ2v) is 8.13. The van der Waals surface area contributed by atoms with Crippen molar-refractivity contribution < 1.29 is 9.50 Å². The SMILES string of the molecule is CCNC(=NCC1(CCO)CCCCC1)NCCc1ccn(-c2ccc(F)cc2)n1.I. The van der Waals surface area contributed by atoms with Gasteiger partial charge in [0.2, 0.25) is 0 Å². The maximum Gasteiger partial charge on any atom is 0.191 e. The van der Waals surface area contributed by atoms with Gasteiger partial charge in [-0.05, 0) is 61.9 Å². The second-order valence-electron chi connectivity index (χ2n) is 8.13. The molecule has 1 aromatic carbocycles. The van der Waals surface area contributed by atoms with Crippen LogP contribution >= 0.6 is 24.0 Å². The number of guanidine groups is 1. The molecule has 8 heteroatoms. The van der Waals surface area contributed by atoms with E-state index in [0.29, 0.717) is 0 Å². The minimum absolute atomic E-state index is 0. The number of aliphatic imine (C=N–C) groups is 1. The first-order valence-electron chi connectivity index (χ1n) is 11.1. The van der Waals surface area contributed by atoms with Gasteiger partial charge in [-0.25, -0.2) is 9.07 Å². The number of hydrogen-bond acceptors (Lipinski definition) is 3. The second kappa shape index (κ2) is 13.0. The van der Waals surface area contributed by atoms with E-state index >= 15 is 0 Å². The molecular weight excluding hydrogens is 508 g/mol. The lowest BCUT2D eigenvalue weighted by Crippen LogP contribution is -2.40.